The molecule has 0 spiro atoms. The Hall–Kier alpha value is -3.33. The van der Waals surface area contributed by atoms with E-state index < -0.39 is 5.91 Å². The van der Waals surface area contributed by atoms with E-state index in [2.05, 4.69) is 15.5 Å². The van der Waals surface area contributed by atoms with Gasteiger partial charge in [0.05, 0.1) is 5.92 Å². The maximum Gasteiger partial charge on any atom is 0.322 e. The predicted molar refractivity (Wildman–Crippen MR) is 122 cm³/mol. The minimum Gasteiger partial charge on any atom is -0.483 e. The number of benzene rings is 2. The van der Waals surface area contributed by atoms with Gasteiger partial charge in [-0.05, 0) is 61.6 Å². The zero-order valence-electron chi connectivity index (χ0n) is 18.1. The fraction of sp³-hybridized carbons (Fsp3) is 0.304. The number of rotatable bonds is 7. The molecule has 0 radical (unpaired) electrons. The third-order valence-electron chi connectivity index (χ3n) is 5.46. The molecule has 3 aromatic rings. The van der Waals surface area contributed by atoms with Crippen molar-refractivity contribution < 1.29 is 18.7 Å². The van der Waals surface area contributed by atoms with Gasteiger partial charge >= 0.3 is 6.01 Å². The lowest BCUT2D eigenvalue weighted by Gasteiger charge is -2.16. The standard InChI is InChI=1S/C23H24N4O4S/c1-14-5-4-6-19(15(14)2)30-13-20(28)24-23-26-25-22(31-23)16-11-21(29)27(12-16)17-7-9-18(32-3)10-8-17/h4-10,16H,11-13H2,1-3H3,(H,24,26,28). The summed E-state index contributed by atoms with van der Waals surface area (Å²) in [5.74, 6) is 0.345. The Morgan fingerprint density at radius 3 is 2.75 bits per heavy atom. The van der Waals surface area contributed by atoms with Crippen LogP contribution >= 0.6 is 11.8 Å². The second-order valence-electron chi connectivity index (χ2n) is 7.58. The van der Waals surface area contributed by atoms with E-state index in [4.69, 9.17) is 9.15 Å². The van der Waals surface area contributed by atoms with E-state index in [1.54, 1.807) is 16.7 Å². The lowest BCUT2D eigenvalue weighted by molar-refractivity contribution is -0.118. The van der Waals surface area contributed by atoms with Crippen LogP contribution in [0.4, 0.5) is 11.7 Å². The number of hydrogen-bond donors (Lipinski definition) is 1. The maximum absolute atomic E-state index is 12.5. The van der Waals surface area contributed by atoms with Gasteiger partial charge in [0.15, 0.2) is 6.61 Å². The first-order valence-corrected chi connectivity index (χ1v) is 11.4. The monoisotopic (exact) mass is 452 g/mol. The SMILES string of the molecule is CSc1ccc(N2CC(c3nnc(NC(=O)COc4cccc(C)c4C)o3)CC2=O)cc1. The molecule has 1 aromatic heterocycles. The molecule has 0 aliphatic carbocycles. The number of nitrogens with one attached hydrogen (secondary N) is 1. The van der Waals surface area contributed by atoms with E-state index in [0.717, 1.165) is 21.7 Å². The van der Waals surface area contributed by atoms with Crippen molar-refractivity contribution in [3.8, 4) is 5.75 Å². The minimum atomic E-state index is -0.404. The van der Waals surface area contributed by atoms with Crippen LogP contribution in [-0.4, -0.2) is 41.4 Å². The number of aromatic nitrogens is 2. The summed E-state index contributed by atoms with van der Waals surface area (Å²) in [5.41, 5.74) is 2.91. The normalized spacial score (nSPS) is 15.8. The molecule has 2 aromatic carbocycles. The molecule has 2 amide bonds. The average Bonchev–Trinajstić information content (AvgIpc) is 3.41. The van der Waals surface area contributed by atoms with E-state index in [0.29, 0.717) is 18.2 Å². The number of nitrogens with zero attached hydrogens (tertiary/aromatic N) is 3. The molecule has 2 heterocycles. The third kappa shape index (κ3) is 4.77. The summed E-state index contributed by atoms with van der Waals surface area (Å²) in [5, 5.41) is 10.5. The summed E-state index contributed by atoms with van der Waals surface area (Å²) in [6, 6.07) is 13.5. The van der Waals surface area contributed by atoms with Gasteiger partial charge in [-0.25, -0.2) is 0 Å². The van der Waals surface area contributed by atoms with Crippen molar-refractivity contribution in [2.24, 2.45) is 0 Å². The number of amides is 2. The van der Waals surface area contributed by atoms with Gasteiger partial charge in [0.2, 0.25) is 11.8 Å². The van der Waals surface area contributed by atoms with E-state index >= 15 is 0 Å². The number of thioether (sulfide) groups is 1. The Morgan fingerprint density at radius 1 is 1.22 bits per heavy atom. The molecule has 0 saturated carbocycles. The molecule has 0 bridgehead atoms. The fourth-order valence-corrected chi connectivity index (χ4v) is 3.92. The molecule has 32 heavy (non-hydrogen) atoms. The van der Waals surface area contributed by atoms with Crippen LogP contribution in [0.25, 0.3) is 0 Å². The zero-order valence-corrected chi connectivity index (χ0v) is 18.9. The summed E-state index contributed by atoms with van der Waals surface area (Å²) < 4.78 is 11.2. The second kappa shape index (κ2) is 9.44. The van der Waals surface area contributed by atoms with Crippen LogP contribution in [0, 0.1) is 13.8 Å². The van der Waals surface area contributed by atoms with Crippen LogP contribution < -0.4 is 15.0 Å². The van der Waals surface area contributed by atoms with Crippen molar-refractivity contribution in [2.75, 3.05) is 29.6 Å². The largest absolute Gasteiger partial charge is 0.483 e. The number of anilines is 2. The summed E-state index contributed by atoms with van der Waals surface area (Å²) in [6.07, 6.45) is 2.28. The molecule has 9 heteroatoms. The molecule has 1 atom stereocenters. The molecule has 1 saturated heterocycles. The van der Waals surface area contributed by atoms with Gasteiger partial charge < -0.3 is 14.1 Å². The lowest BCUT2D eigenvalue weighted by Crippen LogP contribution is -2.24. The molecule has 1 aliphatic rings. The van der Waals surface area contributed by atoms with Gasteiger partial charge in [-0.15, -0.1) is 16.9 Å². The predicted octanol–water partition coefficient (Wildman–Crippen LogP) is 3.95. The van der Waals surface area contributed by atoms with E-state index in [1.807, 2.05) is 62.6 Å². The molecule has 166 valence electrons. The molecule has 4 rings (SSSR count). The van der Waals surface area contributed by atoms with Crippen molar-refractivity contribution in [3.63, 3.8) is 0 Å². The van der Waals surface area contributed by atoms with Crippen molar-refractivity contribution >= 4 is 35.3 Å². The van der Waals surface area contributed by atoms with Gasteiger partial charge in [-0.2, -0.15) is 0 Å². The van der Waals surface area contributed by atoms with Crippen molar-refractivity contribution in [1.29, 1.82) is 0 Å². The summed E-state index contributed by atoms with van der Waals surface area (Å²) >= 11 is 1.65. The van der Waals surface area contributed by atoms with Crippen LogP contribution in [0.1, 0.15) is 29.4 Å². The Balaban J connectivity index is 1.34. The molecule has 1 N–H and O–H groups in total. The molecule has 1 unspecified atom stereocenters. The molecular weight excluding hydrogens is 428 g/mol. The summed E-state index contributed by atoms with van der Waals surface area (Å²) in [4.78, 5) is 27.6. The highest BCUT2D eigenvalue weighted by molar-refractivity contribution is 7.98. The second-order valence-corrected chi connectivity index (χ2v) is 8.46. The minimum absolute atomic E-state index is 0.00221. The Labute approximate surface area is 190 Å². The number of carbonyl (C=O) groups excluding carboxylic acids is 2. The smallest absolute Gasteiger partial charge is 0.322 e. The van der Waals surface area contributed by atoms with Crippen LogP contribution in [0.15, 0.2) is 51.8 Å². The third-order valence-corrected chi connectivity index (χ3v) is 6.20. The first kappa shape index (κ1) is 21.9. The topological polar surface area (TPSA) is 97.6 Å². The van der Waals surface area contributed by atoms with Crippen LogP contribution in [0.5, 0.6) is 5.75 Å². The first-order chi connectivity index (χ1) is 15.4. The van der Waals surface area contributed by atoms with Gasteiger partial charge in [-0.3, -0.25) is 14.9 Å². The van der Waals surface area contributed by atoms with Gasteiger partial charge in [-0.1, -0.05) is 17.2 Å². The number of carbonyl (C=O) groups is 2. The number of hydrogen-bond acceptors (Lipinski definition) is 7. The molecule has 1 aliphatic heterocycles. The van der Waals surface area contributed by atoms with Gasteiger partial charge in [0.1, 0.15) is 5.75 Å². The number of ether oxygens (including phenoxy) is 1. The average molecular weight is 453 g/mol. The van der Waals surface area contributed by atoms with Crippen LogP contribution in [0.2, 0.25) is 0 Å². The molecule has 1 fully saturated rings. The summed E-state index contributed by atoms with van der Waals surface area (Å²) in [6.45, 7) is 4.19. The fourth-order valence-electron chi connectivity index (χ4n) is 3.51. The Kier molecular flexibility index (Phi) is 6.45. The lowest BCUT2D eigenvalue weighted by atomic mass is 10.1. The molecular formula is C23H24N4O4S. The quantitative estimate of drug-likeness (QED) is 0.542. The highest BCUT2D eigenvalue weighted by Crippen LogP contribution is 2.32. The van der Waals surface area contributed by atoms with Crippen molar-refractivity contribution in [1.82, 2.24) is 10.2 Å². The highest BCUT2D eigenvalue weighted by atomic mass is 32.2. The van der Waals surface area contributed by atoms with Crippen molar-refractivity contribution in [2.45, 2.75) is 31.1 Å². The maximum atomic E-state index is 12.5. The first-order valence-electron chi connectivity index (χ1n) is 10.2. The van der Waals surface area contributed by atoms with Crippen LogP contribution in [0.3, 0.4) is 0 Å². The highest BCUT2D eigenvalue weighted by Gasteiger charge is 2.35. The van der Waals surface area contributed by atoms with E-state index in [9.17, 15) is 9.59 Å². The van der Waals surface area contributed by atoms with Gasteiger partial charge in [0, 0.05) is 23.5 Å². The summed E-state index contributed by atoms with van der Waals surface area (Å²) in [7, 11) is 0. The van der Waals surface area contributed by atoms with Crippen molar-refractivity contribution in [3.05, 3.63) is 59.5 Å². The molecule has 8 nitrogen and oxygen atoms in total. The van der Waals surface area contributed by atoms with Gasteiger partial charge in [0.25, 0.3) is 5.91 Å². The number of aryl methyl sites for hydroxylation is 1. The van der Waals surface area contributed by atoms with Crippen LogP contribution in [-0.2, 0) is 9.59 Å². The Morgan fingerprint density at radius 2 is 2.00 bits per heavy atom. The van der Waals surface area contributed by atoms with E-state index in [-0.39, 0.29) is 30.9 Å². The van der Waals surface area contributed by atoms with E-state index in [1.165, 1.54) is 0 Å². The zero-order chi connectivity index (χ0) is 22.7. The Bertz CT molecular complexity index is 1130.